The van der Waals surface area contributed by atoms with Gasteiger partial charge in [-0.25, -0.2) is 4.79 Å². The van der Waals surface area contributed by atoms with Crippen LogP contribution in [0.2, 0.25) is 0 Å². The second-order valence-corrected chi connectivity index (χ2v) is 4.29. The van der Waals surface area contributed by atoms with Crippen molar-refractivity contribution in [1.82, 2.24) is 4.98 Å². The van der Waals surface area contributed by atoms with E-state index in [9.17, 15) is 4.79 Å². The van der Waals surface area contributed by atoms with Gasteiger partial charge >= 0.3 is 5.97 Å². The Bertz CT molecular complexity index is 557. The van der Waals surface area contributed by atoms with E-state index in [1.807, 2.05) is 32.0 Å². The summed E-state index contributed by atoms with van der Waals surface area (Å²) in [4.78, 5) is 14.7. The van der Waals surface area contributed by atoms with Gasteiger partial charge in [-0.15, -0.1) is 0 Å². The van der Waals surface area contributed by atoms with Crippen LogP contribution in [0.4, 0.5) is 0 Å². The highest BCUT2D eigenvalue weighted by molar-refractivity contribution is 5.96. The fourth-order valence-corrected chi connectivity index (χ4v) is 1.80. The van der Waals surface area contributed by atoms with Crippen molar-refractivity contribution < 1.29 is 14.3 Å². The Morgan fingerprint density at radius 2 is 2.17 bits per heavy atom. The van der Waals surface area contributed by atoms with Crippen LogP contribution in [0, 0.1) is 0 Å². The topological polar surface area (TPSA) is 51.3 Å². The largest absolute Gasteiger partial charge is 0.489 e. The van der Waals surface area contributed by atoms with Crippen LogP contribution in [0.1, 0.15) is 31.3 Å². The molecule has 0 radical (unpaired) electrons. The minimum Gasteiger partial charge on any atom is -0.489 e. The van der Waals surface area contributed by atoms with Crippen LogP contribution in [-0.2, 0) is 4.74 Å². The third-order valence-corrected chi connectivity index (χ3v) is 2.48. The highest BCUT2D eigenvalue weighted by Gasteiger charge is 2.13. The molecule has 4 nitrogen and oxygen atoms in total. The molecule has 4 heteroatoms. The number of hydrogen-bond acceptors (Lipinski definition) is 3. The molecule has 96 valence electrons. The zero-order valence-corrected chi connectivity index (χ0v) is 10.8. The van der Waals surface area contributed by atoms with E-state index in [1.165, 1.54) is 0 Å². The summed E-state index contributed by atoms with van der Waals surface area (Å²) in [6.07, 6.45) is 0.0879. The molecule has 1 aromatic carbocycles. The van der Waals surface area contributed by atoms with E-state index in [0.29, 0.717) is 12.3 Å². The molecule has 2 aromatic rings. The van der Waals surface area contributed by atoms with Crippen LogP contribution in [0.5, 0.6) is 5.75 Å². The Morgan fingerprint density at radius 3 is 2.83 bits per heavy atom. The smallest absolute Gasteiger partial charge is 0.354 e. The summed E-state index contributed by atoms with van der Waals surface area (Å²) in [7, 11) is 0. The molecule has 0 aliphatic carbocycles. The van der Waals surface area contributed by atoms with E-state index in [4.69, 9.17) is 9.47 Å². The van der Waals surface area contributed by atoms with Crippen molar-refractivity contribution in [3.05, 3.63) is 30.0 Å². The zero-order valence-electron chi connectivity index (χ0n) is 10.8. The van der Waals surface area contributed by atoms with E-state index in [0.717, 1.165) is 16.7 Å². The lowest BCUT2D eigenvalue weighted by atomic mass is 10.2. The van der Waals surface area contributed by atoms with E-state index in [-0.39, 0.29) is 12.1 Å². The van der Waals surface area contributed by atoms with E-state index >= 15 is 0 Å². The van der Waals surface area contributed by atoms with Crippen LogP contribution < -0.4 is 4.74 Å². The van der Waals surface area contributed by atoms with Gasteiger partial charge in [0.2, 0.25) is 0 Å². The van der Waals surface area contributed by atoms with Gasteiger partial charge in [-0.3, -0.25) is 0 Å². The van der Waals surface area contributed by atoms with E-state index in [2.05, 4.69) is 4.98 Å². The molecule has 1 aromatic heterocycles. The lowest BCUT2D eigenvalue weighted by molar-refractivity contribution is 0.0520. The predicted molar refractivity (Wildman–Crippen MR) is 70.0 cm³/mol. The van der Waals surface area contributed by atoms with Crippen LogP contribution in [0.3, 0.4) is 0 Å². The second-order valence-electron chi connectivity index (χ2n) is 4.29. The number of para-hydroxylation sites is 1. The molecule has 0 bridgehead atoms. The molecule has 0 spiro atoms. The maximum atomic E-state index is 11.7. The zero-order chi connectivity index (χ0) is 13.1. The van der Waals surface area contributed by atoms with Crippen LogP contribution in [-0.4, -0.2) is 23.7 Å². The summed E-state index contributed by atoms with van der Waals surface area (Å²) in [5.41, 5.74) is 1.28. The molecule has 1 N–H and O–H groups in total. The highest BCUT2D eigenvalue weighted by atomic mass is 16.5. The quantitative estimate of drug-likeness (QED) is 0.844. The molecule has 0 aliphatic heterocycles. The first kappa shape index (κ1) is 12.5. The maximum absolute atomic E-state index is 11.7. The molecule has 0 aliphatic rings. The van der Waals surface area contributed by atoms with Crippen LogP contribution >= 0.6 is 0 Å². The minimum absolute atomic E-state index is 0.0879. The van der Waals surface area contributed by atoms with Crippen molar-refractivity contribution in [1.29, 1.82) is 0 Å². The number of rotatable bonds is 4. The number of nitrogens with one attached hydrogen (secondary N) is 1. The Hall–Kier alpha value is -1.97. The number of ether oxygens (including phenoxy) is 2. The number of esters is 1. The van der Waals surface area contributed by atoms with Gasteiger partial charge in [-0.2, -0.15) is 0 Å². The predicted octanol–water partition coefficient (Wildman–Crippen LogP) is 3.13. The number of aromatic nitrogens is 1. The molecule has 0 unspecified atom stereocenters. The molecular weight excluding hydrogens is 230 g/mol. The average molecular weight is 247 g/mol. The number of hydrogen-bond donors (Lipinski definition) is 1. The molecule has 0 fully saturated rings. The third kappa shape index (κ3) is 2.47. The summed E-state index contributed by atoms with van der Waals surface area (Å²) < 4.78 is 10.7. The number of carbonyl (C=O) groups excluding carboxylic acids is 1. The average Bonchev–Trinajstić information content (AvgIpc) is 2.73. The minimum atomic E-state index is -0.343. The Morgan fingerprint density at radius 1 is 1.39 bits per heavy atom. The molecule has 0 amide bonds. The van der Waals surface area contributed by atoms with Gasteiger partial charge < -0.3 is 14.5 Å². The van der Waals surface area contributed by atoms with Crippen molar-refractivity contribution in [2.45, 2.75) is 26.9 Å². The summed E-state index contributed by atoms with van der Waals surface area (Å²) in [6, 6.07) is 7.50. The van der Waals surface area contributed by atoms with Crippen molar-refractivity contribution in [2.24, 2.45) is 0 Å². The summed E-state index contributed by atoms with van der Waals surface area (Å²) in [5.74, 6) is 0.405. The van der Waals surface area contributed by atoms with Gasteiger partial charge in [-0.1, -0.05) is 12.1 Å². The Kier molecular flexibility index (Phi) is 3.55. The summed E-state index contributed by atoms with van der Waals surface area (Å²) in [6.45, 7) is 6.08. The number of aromatic amines is 1. The first-order chi connectivity index (χ1) is 8.61. The lowest BCUT2D eigenvalue weighted by Gasteiger charge is -2.10. The monoisotopic (exact) mass is 247 g/mol. The third-order valence-electron chi connectivity index (χ3n) is 2.48. The van der Waals surface area contributed by atoms with Gasteiger partial charge in [-0.05, 0) is 32.9 Å². The molecule has 18 heavy (non-hydrogen) atoms. The Labute approximate surface area is 106 Å². The molecule has 0 atom stereocenters. The Balaban J connectivity index is 2.41. The van der Waals surface area contributed by atoms with Crippen molar-refractivity contribution >= 4 is 16.9 Å². The first-order valence-electron chi connectivity index (χ1n) is 6.07. The fraction of sp³-hybridized carbons (Fsp3) is 0.357. The van der Waals surface area contributed by atoms with Crippen molar-refractivity contribution in [2.75, 3.05) is 6.61 Å². The first-order valence-corrected chi connectivity index (χ1v) is 6.07. The van der Waals surface area contributed by atoms with Crippen molar-refractivity contribution in [3.8, 4) is 5.75 Å². The van der Waals surface area contributed by atoms with E-state index < -0.39 is 0 Å². The number of H-pyrrole nitrogens is 1. The SMILES string of the molecule is CCOC(=O)c1cc2cccc(OC(C)C)c2[nH]1. The molecule has 0 saturated carbocycles. The summed E-state index contributed by atoms with van der Waals surface area (Å²) >= 11 is 0. The molecular formula is C14H17NO3. The van der Waals surface area contributed by atoms with E-state index in [1.54, 1.807) is 13.0 Å². The lowest BCUT2D eigenvalue weighted by Crippen LogP contribution is -2.06. The number of carbonyl (C=O) groups is 1. The van der Waals surface area contributed by atoms with Crippen molar-refractivity contribution in [3.63, 3.8) is 0 Å². The molecule has 0 saturated heterocycles. The molecule has 1 heterocycles. The van der Waals surface area contributed by atoms with Crippen LogP contribution in [0.25, 0.3) is 10.9 Å². The number of fused-ring (bicyclic) bond motifs is 1. The second kappa shape index (κ2) is 5.12. The van der Waals surface area contributed by atoms with Gasteiger partial charge in [0.15, 0.2) is 0 Å². The summed E-state index contributed by atoms with van der Waals surface area (Å²) in [5, 5.41) is 0.941. The molecule has 2 rings (SSSR count). The highest BCUT2D eigenvalue weighted by Crippen LogP contribution is 2.26. The maximum Gasteiger partial charge on any atom is 0.354 e. The van der Waals surface area contributed by atoms with Gasteiger partial charge in [0.25, 0.3) is 0 Å². The van der Waals surface area contributed by atoms with Crippen LogP contribution in [0.15, 0.2) is 24.3 Å². The standard InChI is InChI=1S/C14H17NO3/c1-4-17-14(16)11-8-10-6-5-7-12(13(10)15-11)18-9(2)3/h5-9,15H,4H2,1-3H3. The van der Waals surface area contributed by atoms with Gasteiger partial charge in [0.1, 0.15) is 11.4 Å². The normalized spacial score (nSPS) is 10.9. The van der Waals surface area contributed by atoms with Gasteiger partial charge in [0, 0.05) is 5.39 Å². The van der Waals surface area contributed by atoms with Gasteiger partial charge in [0.05, 0.1) is 18.2 Å². The fourth-order valence-electron chi connectivity index (χ4n) is 1.80. The number of benzene rings is 1.